The number of rotatable bonds is 0. The third kappa shape index (κ3) is 1.24. The average Bonchev–Trinajstić information content (AvgIpc) is 1.77. The van der Waals surface area contributed by atoms with Gasteiger partial charge in [0.15, 0.2) is 5.78 Å². The fourth-order valence-corrected chi connectivity index (χ4v) is 0.966. The minimum absolute atomic E-state index is 0.0725. The Hall–Kier alpha value is -0.480. The van der Waals surface area contributed by atoms with Crippen molar-refractivity contribution in [1.29, 1.82) is 0 Å². The van der Waals surface area contributed by atoms with E-state index in [4.69, 9.17) is 0 Å². The molecule has 1 aliphatic heterocycles. The van der Waals surface area contributed by atoms with Crippen LogP contribution in [0.2, 0.25) is 0 Å². The number of ketones is 1. The molecule has 3 nitrogen and oxygen atoms in total. The zero-order chi connectivity index (χ0) is 5.98. The Balaban J connectivity index is 2.71. The van der Waals surface area contributed by atoms with Crippen LogP contribution in [0.5, 0.6) is 0 Å². The molecule has 8 heavy (non-hydrogen) atoms. The van der Waals surface area contributed by atoms with Crippen LogP contribution >= 0.6 is 0 Å². The van der Waals surface area contributed by atoms with Crippen LogP contribution in [0, 0.1) is 0 Å². The van der Waals surface area contributed by atoms with Crippen molar-refractivity contribution in [3.63, 3.8) is 0 Å². The molecule has 1 unspecified atom stereocenters. The summed E-state index contributed by atoms with van der Waals surface area (Å²) in [5.74, 6) is -0.0791. The molecular formula is C4H4NO2S-. The largest absolute Gasteiger partial charge is 0.785 e. The van der Waals surface area contributed by atoms with Crippen molar-refractivity contribution in [3.8, 4) is 0 Å². The van der Waals surface area contributed by atoms with Gasteiger partial charge in [0.05, 0.1) is 0 Å². The first-order valence-electron chi connectivity index (χ1n) is 2.08. The van der Waals surface area contributed by atoms with E-state index in [0.717, 1.165) is 0 Å². The van der Waals surface area contributed by atoms with Crippen molar-refractivity contribution in [1.82, 2.24) is 0 Å². The van der Waals surface area contributed by atoms with Gasteiger partial charge in [-0.1, -0.05) is 0 Å². The molecule has 0 aromatic heterocycles. The highest BCUT2D eigenvalue weighted by Gasteiger charge is 1.95. The second-order valence-corrected chi connectivity index (χ2v) is 2.42. The number of nitrogens with zero attached hydrogens (tertiary/aromatic N) is 1. The van der Waals surface area contributed by atoms with E-state index in [1.807, 2.05) is 0 Å². The molecule has 0 radical (unpaired) electrons. The van der Waals surface area contributed by atoms with E-state index in [1.165, 1.54) is 11.5 Å². The van der Waals surface area contributed by atoms with Gasteiger partial charge in [0.25, 0.3) is 0 Å². The predicted octanol–water partition coefficient (Wildman–Crippen LogP) is 0.0151. The third-order valence-corrected chi connectivity index (χ3v) is 1.47. The van der Waals surface area contributed by atoms with E-state index >= 15 is 0 Å². The monoisotopic (exact) mass is 130 g/mol. The molecule has 0 aliphatic carbocycles. The van der Waals surface area contributed by atoms with Gasteiger partial charge in [0.2, 0.25) is 0 Å². The average molecular weight is 130 g/mol. The van der Waals surface area contributed by atoms with Crippen molar-refractivity contribution < 1.29 is 9.35 Å². The summed E-state index contributed by atoms with van der Waals surface area (Å²) in [6.07, 6.45) is 1.29. The van der Waals surface area contributed by atoms with E-state index in [2.05, 4.69) is 4.36 Å². The van der Waals surface area contributed by atoms with E-state index in [0.29, 0.717) is 0 Å². The molecule has 0 saturated heterocycles. The molecule has 0 aromatic carbocycles. The predicted molar refractivity (Wildman–Crippen MR) is 29.6 cm³/mol. The first kappa shape index (κ1) is 5.65. The quantitative estimate of drug-likeness (QED) is 0.464. The Morgan fingerprint density at radius 1 is 1.88 bits per heavy atom. The smallest absolute Gasteiger partial charge is 0.178 e. The van der Waals surface area contributed by atoms with Gasteiger partial charge in [-0.25, -0.2) is 0 Å². The van der Waals surface area contributed by atoms with Crippen molar-refractivity contribution in [2.45, 2.75) is 0 Å². The topological polar surface area (TPSA) is 52.5 Å². The minimum Gasteiger partial charge on any atom is -0.785 e. The van der Waals surface area contributed by atoms with Crippen LogP contribution in [0.1, 0.15) is 0 Å². The van der Waals surface area contributed by atoms with Gasteiger partial charge in [-0.2, -0.15) is 11.0 Å². The van der Waals surface area contributed by atoms with Gasteiger partial charge in [-0.05, 0) is 11.5 Å². The lowest BCUT2D eigenvalue weighted by Gasteiger charge is -2.08. The summed E-state index contributed by atoms with van der Waals surface area (Å²) >= 11 is 0. The lowest BCUT2D eigenvalue weighted by atomic mass is 10.4. The van der Waals surface area contributed by atoms with Crippen molar-refractivity contribution in [2.24, 2.45) is 4.36 Å². The Labute approximate surface area is 49.3 Å². The van der Waals surface area contributed by atoms with Crippen LogP contribution < -0.4 is 0 Å². The number of hydrogen-bond donors (Lipinski definition) is 0. The van der Waals surface area contributed by atoms with Gasteiger partial charge in [-0.3, -0.25) is 9.16 Å². The number of hydrogen-bond acceptors (Lipinski definition) is 3. The second-order valence-electron chi connectivity index (χ2n) is 1.33. The van der Waals surface area contributed by atoms with Gasteiger partial charge >= 0.3 is 0 Å². The summed E-state index contributed by atoms with van der Waals surface area (Å²) in [6.45, 7) is 0.0725. The van der Waals surface area contributed by atoms with E-state index < -0.39 is 11.0 Å². The van der Waals surface area contributed by atoms with Gasteiger partial charge in [-0.15, -0.1) is 0 Å². The summed E-state index contributed by atoms with van der Waals surface area (Å²) < 4.78 is 13.8. The third-order valence-electron chi connectivity index (χ3n) is 0.718. The van der Waals surface area contributed by atoms with Crippen LogP contribution in [0.25, 0.3) is 0 Å². The highest BCUT2D eigenvalue weighted by Crippen LogP contribution is 1.93. The standard InChI is InChI=1S/C4H4NO2S/c6-4-1-2-8(7)5-3-4/h1-2H,3H2/q-1. The van der Waals surface area contributed by atoms with Gasteiger partial charge in [0, 0.05) is 0 Å². The molecule has 0 saturated carbocycles. The molecule has 4 heteroatoms. The van der Waals surface area contributed by atoms with Crippen molar-refractivity contribution >= 4 is 16.8 Å². The molecule has 0 aromatic rings. The van der Waals surface area contributed by atoms with Crippen LogP contribution in [0.15, 0.2) is 15.8 Å². The molecule has 0 spiro atoms. The lowest BCUT2D eigenvalue weighted by Crippen LogP contribution is -2.03. The SMILES string of the molecule is O=C1C=CS([O-])=NC1. The van der Waals surface area contributed by atoms with Gasteiger partial charge < -0.3 is 4.55 Å². The van der Waals surface area contributed by atoms with E-state index in [9.17, 15) is 9.35 Å². The summed E-state index contributed by atoms with van der Waals surface area (Å²) in [4.78, 5) is 10.3. The van der Waals surface area contributed by atoms with Crippen LogP contribution in [0.3, 0.4) is 0 Å². The molecule has 1 heterocycles. The maximum atomic E-state index is 10.3. The Morgan fingerprint density at radius 2 is 2.62 bits per heavy atom. The Bertz CT molecular complexity index is 170. The Kier molecular flexibility index (Phi) is 1.55. The first-order chi connectivity index (χ1) is 3.79. The summed E-state index contributed by atoms with van der Waals surface area (Å²) in [5, 5.41) is 1.28. The molecule has 44 valence electrons. The minimum atomic E-state index is -1.24. The number of carbonyl (C=O) groups excluding carboxylic acids is 1. The van der Waals surface area contributed by atoms with Gasteiger partial charge in [0.1, 0.15) is 6.54 Å². The molecule has 0 N–H and O–H groups in total. The van der Waals surface area contributed by atoms with Crippen molar-refractivity contribution in [2.75, 3.05) is 6.54 Å². The van der Waals surface area contributed by atoms with Crippen molar-refractivity contribution in [3.05, 3.63) is 11.5 Å². The highest BCUT2D eigenvalue weighted by molar-refractivity contribution is 7.84. The van der Waals surface area contributed by atoms with E-state index in [-0.39, 0.29) is 12.3 Å². The molecule has 0 fully saturated rings. The molecule has 1 aliphatic rings. The summed E-state index contributed by atoms with van der Waals surface area (Å²) in [6, 6.07) is 0. The molecular weight excluding hydrogens is 126 g/mol. The molecule has 0 bridgehead atoms. The highest BCUT2D eigenvalue weighted by atomic mass is 32.2. The van der Waals surface area contributed by atoms with Crippen LogP contribution in [-0.2, 0) is 15.8 Å². The Morgan fingerprint density at radius 3 is 3.00 bits per heavy atom. The summed E-state index contributed by atoms with van der Waals surface area (Å²) in [5.41, 5.74) is 0. The fourth-order valence-electron chi connectivity index (χ4n) is 0.357. The first-order valence-corrected chi connectivity index (χ1v) is 3.25. The zero-order valence-corrected chi connectivity index (χ0v) is 4.85. The normalized spacial score (nSPS) is 27.6. The fraction of sp³-hybridized carbons (Fsp3) is 0.250. The van der Waals surface area contributed by atoms with Crippen LogP contribution in [-0.4, -0.2) is 16.9 Å². The maximum Gasteiger partial charge on any atom is 0.178 e. The second kappa shape index (κ2) is 2.19. The molecule has 1 rings (SSSR count). The zero-order valence-electron chi connectivity index (χ0n) is 4.03. The number of carbonyl (C=O) groups is 1. The maximum absolute atomic E-state index is 10.3. The summed E-state index contributed by atoms with van der Waals surface area (Å²) in [7, 11) is -1.24. The van der Waals surface area contributed by atoms with Crippen LogP contribution in [0.4, 0.5) is 0 Å². The van der Waals surface area contributed by atoms with E-state index in [1.54, 1.807) is 0 Å². The molecule has 0 amide bonds. The lowest BCUT2D eigenvalue weighted by molar-refractivity contribution is -0.113. The molecule has 1 atom stereocenters.